The maximum atomic E-state index is 12.8. The minimum Gasteiger partial charge on any atom is -0.465 e. The quantitative estimate of drug-likeness (QED) is 0.509. The van der Waals surface area contributed by atoms with Crippen LogP contribution in [-0.2, 0) is 11.3 Å². The average Bonchev–Trinajstić information content (AvgIpc) is 3.03. The molecule has 4 rings (SSSR count). The first-order chi connectivity index (χ1) is 15.0. The van der Waals surface area contributed by atoms with Crippen molar-refractivity contribution in [1.29, 1.82) is 0 Å². The minimum atomic E-state index is -0.517. The van der Waals surface area contributed by atoms with Crippen molar-refractivity contribution in [3.8, 4) is 0 Å². The van der Waals surface area contributed by atoms with Gasteiger partial charge in [0.2, 0.25) is 0 Å². The Morgan fingerprint density at radius 1 is 0.839 bits per heavy atom. The molecule has 31 heavy (non-hydrogen) atoms. The summed E-state index contributed by atoms with van der Waals surface area (Å²) in [6.45, 7) is 0.162. The first-order valence-corrected chi connectivity index (χ1v) is 9.52. The highest BCUT2D eigenvalue weighted by molar-refractivity contribution is 6.22. The Balaban J connectivity index is 1.54. The Hall–Kier alpha value is -4.26. The van der Waals surface area contributed by atoms with Gasteiger partial charge in [-0.1, -0.05) is 36.4 Å². The molecule has 1 N–H and O–H groups in total. The third-order valence-corrected chi connectivity index (χ3v) is 4.96. The summed E-state index contributed by atoms with van der Waals surface area (Å²) in [5, 5.41) is 2.69. The standard InChI is InChI=1S/C24H18N2O5/c1-31-24(30)17-8-5-9-18(12-17)25-21(27)16-10-11-19-20(13-16)23(29)26(22(19)28)14-15-6-3-2-4-7-15/h2-13H,14H2,1H3,(H,25,27). The molecule has 0 saturated carbocycles. The third-order valence-electron chi connectivity index (χ3n) is 4.96. The van der Waals surface area contributed by atoms with Crippen LogP contribution in [0.3, 0.4) is 0 Å². The lowest BCUT2D eigenvalue weighted by Gasteiger charge is -2.13. The van der Waals surface area contributed by atoms with Gasteiger partial charge in [0, 0.05) is 11.3 Å². The fourth-order valence-corrected chi connectivity index (χ4v) is 3.39. The first kappa shape index (κ1) is 20.0. The number of rotatable bonds is 5. The number of carbonyl (C=O) groups excluding carboxylic acids is 4. The number of imide groups is 1. The van der Waals surface area contributed by atoms with Crippen LogP contribution in [0.25, 0.3) is 0 Å². The van der Waals surface area contributed by atoms with Gasteiger partial charge in [-0.3, -0.25) is 19.3 Å². The summed E-state index contributed by atoms with van der Waals surface area (Å²) < 4.78 is 4.68. The molecule has 0 unspecified atom stereocenters. The van der Waals surface area contributed by atoms with Crippen LogP contribution in [0.1, 0.15) is 47.0 Å². The Kier molecular flexibility index (Phi) is 5.32. The van der Waals surface area contributed by atoms with Crippen LogP contribution in [0, 0.1) is 0 Å². The van der Waals surface area contributed by atoms with E-state index in [4.69, 9.17) is 0 Å². The predicted molar refractivity (Wildman–Crippen MR) is 113 cm³/mol. The predicted octanol–water partition coefficient (Wildman–Crippen LogP) is 3.52. The second-order valence-corrected chi connectivity index (χ2v) is 6.97. The minimum absolute atomic E-state index is 0.162. The molecule has 0 radical (unpaired) electrons. The molecular weight excluding hydrogens is 396 g/mol. The number of hydrogen-bond donors (Lipinski definition) is 1. The number of ether oxygens (including phenoxy) is 1. The van der Waals surface area contributed by atoms with E-state index in [-0.39, 0.29) is 29.1 Å². The molecule has 3 aromatic carbocycles. The summed E-state index contributed by atoms with van der Waals surface area (Å²) in [4.78, 5) is 51.0. The Morgan fingerprint density at radius 2 is 1.58 bits per heavy atom. The lowest BCUT2D eigenvalue weighted by molar-refractivity contribution is 0.0597. The van der Waals surface area contributed by atoms with E-state index in [0.29, 0.717) is 11.3 Å². The number of esters is 1. The van der Waals surface area contributed by atoms with Crippen molar-refractivity contribution in [2.75, 3.05) is 12.4 Å². The third kappa shape index (κ3) is 3.93. The largest absolute Gasteiger partial charge is 0.465 e. The zero-order valence-corrected chi connectivity index (χ0v) is 16.6. The molecule has 7 heteroatoms. The average molecular weight is 414 g/mol. The SMILES string of the molecule is COC(=O)c1cccc(NC(=O)c2ccc3c(c2)C(=O)N(Cc2ccccc2)C3=O)c1. The van der Waals surface area contributed by atoms with E-state index in [9.17, 15) is 19.2 Å². The number of hydrogen-bond acceptors (Lipinski definition) is 5. The number of benzene rings is 3. The van der Waals surface area contributed by atoms with Gasteiger partial charge in [0.25, 0.3) is 17.7 Å². The van der Waals surface area contributed by atoms with Gasteiger partial charge in [0.15, 0.2) is 0 Å². The summed E-state index contributed by atoms with van der Waals surface area (Å²) in [7, 11) is 1.28. The van der Waals surface area contributed by atoms with E-state index in [1.54, 1.807) is 18.2 Å². The molecule has 1 heterocycles. The molecule has 0 fully saturated rings. The molecule has 0 saturated heterocycles. The maximum absolute atomic E-state index is 12.8. The van der Waals surface area contributed by atoms with E-state index < -0.39 is 17.8 Å². The highest BCUT2D eigenvalue weighted by Gasteiger charge is 2.36. The molecule has 0 atom stereocenters. The summed E-state index contributed by atoms with van der Waals surface area (Å²) in [5.41, 5.74) is 2.22. The lowest BCUT2D eigenvalue weighted by atomic mass is 10.1. The number of fused-ring (bicyclic) bond motifs is 1. The van der Waals surface area contributed by atoms with Crippen molar-refractivity contribution in [3.63, 3.8) is 0 Å². The van der Waals surface area contributed by atoms with Gasteiger partial charge < -0.3 is 10.1 Å². The Bertz CT molecular complexity index is 1200. The molecule has 0 aliphatic carbocycles. The van der Waals surface area contributed by atoms with Gasteiger partial charge in [-0.2, -0.15) is 0 Å². The van der Waals surface area contributed by atoms with Crippen LogP contribution >= 0.6 is 0 Å². The number of amides is 3. The molecule has 0 spiro atoms. The van der Waals surface area contributed by atoms with E-state index >= 15 is 0 Å². The number of carbonyl (C=O) groups is 4. The normalized spacial score (nSPS) is 12.5. The van der Waals surface area contributed by atoms with Crippen molar-refractivity contribution in [2.45, 2.75) is 6.54 Å². The highest BCUT2D eigenvalue weighted by Crippen LogP contribution is 2.26. The zero-order chi connectivity index (χ0) is 22.0. The smallest absolute Gasteiger partial charge is 0.337 e. The van der Waals surface area contributed by atoms with Gasteiger partial charge in [0.1, 0.15) is 0 Å². The van der Waals surface area contributed by atoms with Crippen molar-refractivity contribution >= 4 is 29.4 Å². The van der Waals surface area contributed by atoms with Crippen LogP contribution < -0.4 is 5.32 Å². The summed E-state index contributed by atoms with van der Waals surface area (Å²) >= 11 is 0. The number of anilines is 1. The van der Waals surface area contributed by atoms with Gasteiger partial charge in [-0.15, -0.1) is 0 Å². The van der Waals surface area contributed by atoms with Crippen molar-refractivity contribution < 1.29 is 23.9 Å². The van der Waals surface area contributed by atoms with Crippen molar-refractivity contribution in [3.05, 3.63) is 101 Å². The molecule has 1 aliphatic rings. The number of nitrogens with one attached hydrogen (secondary N) is 1. The van der Waals surface area contributed by atoms with E-state index in [0.717, 1.165) is 5.56 Å². The maximum Gasteiger partial charge on any atom is 0.337 e. The molecule has 3 aromatic rings. The van der Waals surface area contributed by atoms with Crippen molar-refractivity contribution in [1.82, 2.24) is 4.90 Å². The summed E-state index contributed by atoms with van der Waals surface area (Å²) in [6, 6.07) is 19.9. The molecule has 7 nitrogen and oxygen atoms in total. The molecule has 0 aromatic heterocycles. The highest BCUT2D eigenvalue weighted by atomic mass is 16.5. The topological polar surface area (TPSA) is 92.8 Å². The monoisotopic (exact) mass is 414 g/mol. The van der Waals surface area contributed by atoms with Gasteiger partial charge >= 0.3 is 5.97 Å². The second-order valence-electron chi connectivity index (χ2n) is 6.97. The zero-order valence-electron chi connectivity index (χ0n) is 16.6. The van der Waals surface area contributed by atoms with Crippen LogP contribution in [0.15, 0.2) is 72.8 Å². The fourth-order valence-electron chi connectivity index (χ4n) is 3.39. The van der Waals surface area contributed by atoms with Crippen molar-refractivity contribution in [2.24, 2.45) is 0 Å². The van der Waals surface area contributed by atoms with Gasteiger partial charge in [0.05, 0.1) is 30.3 Å². The fraction of sp³-hybridized carbons (Fsp3) is 0.0833. The first-order valence-electron chi connectivity index (χ1n) is 9.52. The second kappa shape index (κ2) is 8.23. The Morgan fingerprint density at radius 3 is 2.32 bits per heavy atom. The van der Waals surface area contributed by atoms with E-state index in [2.05, 4.69) is 10.1 Å². The van der Waals surface area contributed by atoms with E-state index in [1.807, 2.05) is 30.3 Å². The summed E-state index contributed by atoms with van der Waals surface area (Å²) in [6.07, 6.45) is 0. The lowest BCUT2D eigenvalue weighted by Crippen LogP contribution is -2.29. The van der Waals surface area contributed by atoms with E-state index in [1.165, 1.54) is 36.3 Å². The number of nitrogens with zero attached hydrogens (tertiary/aromatic N) is 1. The van der Waals surface area contributed by atoms with Crippen LogP contribution in [-0.4, -0.2) is 35.7 Å². The van der Waals surface area contributed by atoms with Gasteiger partial charge in [-0.25, -0.2) is 4.79 Å². The van der Waals surface area contributed by atoms with Crippen LogP contribution in [0.4, 0.5) is 5.69 Å². The number of methoxy groups -OCH3 is 1. The molecule has 3 amide bonds. The van der Waals surface area contributed by atoms with Gasteiger partial charge in [-0.05, 0) is 42.0 Å². The summed E-state index contributed by atoms with van der Waals surface area (Å²) in [5.74, 6) is -1.81. The molecule has 1 aliphatic heterocycles. The van der Waals surface area contributed by atoms with Crippen LogP contribution in [0.2, 0.25) is 0 Å². The van der Waals surface area contributed by atoms with Crippen LogP contribution in [0.5, 0.6) is 0 Å². The molecule has 154 valence electrons. The molecular formula is C24H18N2O5. The molecule has 0 bridgehead atoms. The Labute approximate surface area is 178 Å².